The zero-order valence-electron chi connectivity index (χ0n) is 5.53. The van der Waals surface area contributed by atoms with Gasteiger partial charge in [-0.15, -0.1) is 0 Å². The molecule has 0 amide bonds. The fraction of sp³-hybridized carbons (Fsp3) is 0.333. The van der Waals surface area contributed by atoms with Crippen molar-refractivity contribution in [1.29, 1.82) is 0 Å². The molecule has 10 heteroatoms. The second-order valence-electron chi connectivity index (χ2n) is 1.53. The quantitative estimate of drug-likeness (QED) is 0.450. The number of hydrogen-bond donors (Lipinski definition) is 1. The van der Waals surface area contributed by atoms with Gasteiger partial charge in [-0.3, -0.25) is 9.59 Å². The van der Waals surface area contributed by atoms with E-state index in [4.69, 9.17) is 5.11 Å². The fourth-order valence-electron chi connectivity index (χ4n) is 0.323. The monoisotopic (exact) mass is 192 g/mol. The minimum atomic E-state index is -2.48. The van der Waals surface area contributed by atoms with E-state index in [1.807, 2.05) is 0 Å². The number of aliphatic carboxylic acids is 1. The molecule has 0 aromatic carbocycles. The molecule has 70 valence electrons. The van der Waals surface area contributed by atoms with Crippen molar-refractivity contribution in [2.45, 2.75) is 6.42 Å². The van der Waals surface area contributed by atoms with Crippen molar-refractivity contribution in [3.05, 3.63) is 0 Å². The first kappa shape index (κ1) is 14.9. The Morgan fingerprint density at radius 3 is 2.08 bits per heavy atom. The number of rotatable bonds is 5. The number of carbonyl (C=O) groups excluding carboxylic acids is 1. The summed E-state index contributed by atoms with van der Waals surface area (Å²) in [6.07, 6.45) is -1.04. The molecule has 0 unspecified atom stereocenters. The van der Waals surface area contributed by atoms with Gasteiger partial charge < -0.3 is 9.76 Å². The Labute approximate surface area is 83.3 Å². The van der Waals surface area contributed by atoms with Gasteiger partial charge in [0.25, 0.3) is 0 Å². The van der Waals surface area contributed by atoms with Crippen LogP contribution in [0.2, 0.25) is 0 Å². The molecule has 1 N–H and O–H groups in total. The molecule has 0 aromatic heterocycles. The van der Waals surface area contributed by atoms with E-state index in [-0.39, 0.29) is 18.9 Å². The van der Waals surface area contributed by atoms with Gasteiger partial charge in [0.15, 0.2) is 0 Å². The Morgan fingerprint density at radius 2 is 1.77 bits per heavy atom. The molecule has 0 aliphatic rings. The van der Waals surface area contributed by atoms with Gasteiger partial charge in [0.2, 0.25) is 0 Å². The Bertz CT molecular complexity index is 175. The van der Waals surface area contributed by atoms with E-state index in [9.17, 15) is 18.6 Å². The van der Waals surface area contributed by atoms with E-state index in [1.165, 1.54) is 0 Å². The Balaban J connectivity index is 0. The predicted molar refractivity (Wildman–Crippen MR) is 35.6 cm³/mol. The summed E-state index contributed by atoms with van der Waals surface area (Å²) in [7, 11) is -2.48. The van der Waals surface area contributed by atoms with Crippen LogP contribution in [0, 0.1) is 0 Å². The van der Waals surface area contributed by atoms with Crippen LogP contribution >= 0.6 is 0 Å². The molecule has 0 radical (unpaired) electrons. The van der Waals surface area contributed by atoms with Crippen molar-refractivity contribution in [3.63, 3.8) is 0 Å². The molecule has 0 bridgehead atoms. The Morgan fingerprint density at radius 1 is 1.31 bits per heavy atom. The van der Waals surface area contributed by atoms with Gasteiger partial charge in [-0.2, -0.15) is 9.72 Å². The van der Waals surface area contributed by atoms with Gasteiger partial charge in [0.1, 0.15) is 6.42 Å². The first-order valence-corrected chi connectivity index (χ1v) is 2.56. The Hall–Kier alpha value is -0.618. The van der Waals surface area contributed by atoms with Crippen molar-refractivity contribution in [1.82, 2.24) is 0 Å². The molecule has 6 nitrogen and oxygen atoms in total. The van der Waals surface area contributed by atoms with E-state index >= 15 is 0 Å². The van der Waals surface area contributed by atoms with Crippen molar-refractivity contribution in [3.8, 4) is 0 Å². The van der Waals surface area contributed by atoms with E-state index in [2.05, 4.69) is 14.4 Å². The van der Waals surface area contributed by atoms with Gasteiger partial charge in [-0.1, -0.05) is 9.05 Å². The SMILES string of the molecule is O=C(O)CC(=O)OB(OF)OF.[LiH]. The standard InChI is InChI=1S/C3H3BF2O6.Li.H/c5-11-4(12-6)10-3(9)1-2(7)8;;/h1H2,(H,7,8);;. The van der Waals surface area contributed by atoms with Crippen molar-refractivity contribution in [2.75, 3.05) is 0 Å². The maximum atomic E-state index is 11.1. The van der Waals surface area contributed by atoms with Crippen LogP contribution in [-0.2, 0) is 24.0 Å². The molecule has 0 fully saturated rings. The average molecular weight is 192 g/mol. The number of hydrogen-bond acceptors (Lipinski definition) is 5. The zero-order chi connectivity index (χ0) is 9.56. The van der Waals surface area contributed by atoms with Crippen LogP contribution in [-0.4, -0.2) is 43.2 Å². The topological polar surface area (TPSA) is 82.1 Å². The molecule has 0 aromatic rings. The summed E-state index contributed by atoms with van der Waals surface area (Å²) in [6.45, 7) is 0. The maximum absolute atomic E-state index is 11.1. The molecule has 0 saturated carbocycles. The van der Waals surface area contributed by atoms with Gasteiger partial charge in [-0.05, 0) is 0 Å². The van der Waals surface area contributed by atoms with Crippen LogP contribution in [0.15, 0.2) is 0 Å². The summed E-state index contributed by atoms with van der Waals surface area (Å²) in [5.74, 6) is -2.89. The molecule has 0 spiro atoms. The molecule has 0 atom stereocenters. The van der Waals surface area contributed by atoms with Gasteiger partial charge in [0, 0.05) is 0 Å². The van der Waals surface area contributed by atoms with Crippen molar-refractivity contribution in [2.24, 2.45) is 0 Å². The van der Waals surface area contributed by atoms with Crippen LogP contribution in [0.5, 0.6) is 0 Å². The van der Waals surface area contributed by atoms with Crippen LogP contribution in [0.25, 0.3) is 0 Å². The molecule has 13 heavy (non-hydrogen) atoms. The summed E-state index contributed by atoms with van der Waals surface area (Å²) in [5.41, 5.74) is 0. The molecular weight excluding hydrogens is 188 g/mol. The summed E-state index contributed by atoms with van der Waals surface area (Å²) in [4.78, 5) is 25.3. The van der Waals surface area contributed by atoms with E-state index in [0.717, 1.165) is 0 Å². The second kappa shape index (κ2) is 8.00. The van der Waals surface area contributed by atoms with Crippen LogP contribution in [0.3, 0.4) is 0 Å². The molecule has 0 rings (SSSR count). The third-order valence-corrected chi connectivity index (χ3v) is 0.669. The van der Waals surface area contributed by atoms with Crippen molar-refractivity contribution < 1.29 is 38.1 Å². The third-order valence-electron chi connectivity index (χ3n) is 0.669. The third kappa shape index (κ3) is 7.73. The Kier molecular flexibility index (Phi) is 9.16. The number of halogens is 2. The molecule has 0 heterocycles. The van der Waals surface area contributed by atoms with Crippen LogP contribution in [0.4, 0.5) is 9.05 Å². The predicted octanol–water partition coefficient (Wildman–Crippen LogP) is -0.857. The number of carboxylic acids is 1. The summed E-state index contributed by atoms with van der Waals surface area (Å²) in [5, 5.41) is 7.97. The molecule has 0 aliphatic heterocycles. The first-order valence-electron chi connectivity index (χ1n) is 2.56. The van der Waals surface area contributed by atoms with Crippen LogP contribution < -0.4 is 0 Å². The first-order chi connectivity index (χ1) is 5.60. The van der Waals surface area contributed by atoms with E-state index < -0.39 is 25.7 Å². The van der Waals surface area contributed by atoms with Crippen molar-refractivity contribution >= 4 is 38.1 Å². The van der Waals surface area contributed by atoms with E-state index in [1.54, 1.807) is 0 Å². The average Bonchev–Trinajstić information content (AvgIpc) is 1.98. The summed E-state index contributed by atoms with van der Waals surface area (Å²) >= 11 is 0. The molecule has 0 aliphatic carbocycles. The number of carboxylic acid groups (broad SMARTS) is 1. The summed E-state index contributed by atoms with van der Waals surface area (Å²) < 4.78 is 25.8. The van der Waals surface area contributed by atoms with Gasteiger partial charge >= 0.3 is 38.1 Å². The molecule has 0 saturated heterocycles. The minimum absolute atomic E-state index is 0. The zero-order valence-corrected chi connectivity index (χ0v) is 5.53. The van der Waals surface area contributed by atoms with Crippen LogP contribution in [0.1, 0.15) is 6.42 Å². The second-order valence-corrected chi connectivity index (χ2v) is 1.53. The molecular formula is C3H4BF2LiO6. The normalized spacial score (nSPS) is 8.46. The number of carbonyl (C=O) groups is 2. The van der Waals surface area contributed by atoms with E-state index in [0.29, 0.717) is 0 Å². The van der Waals surface area contributed by atoms with Gasteiger partial charge in [-0.25, -0.2) is 0 Å². The summed E-state index contributed by atoms with van der Waals surface area (Å²) in [6, 6.07) is 0. The van der Waals surface area contributed by atoms with Gasteiger partial charge in [0.05, 0.1) is 0 Å². The fourth-order valence-corrected chi connectivity index (χ4v) is 0.323.